The fraction of sp³-hybridized carbons (Fsp3) is 0.462. The highest BCUT2D eigenvalue weighted by atomic mass is 19.4. The number of ether oxygens (including phenoxy) is 1. The van der Waals surface area contributed by atoms with Crippen LogP contribution in [0.15, 0.2) is 24.3 Å². The summed E-state index contributed by atoms with van der Waals surface area (Å²) >= 11 is 0. The number of benzene rings is 1. The molecule has 1 rings (SSSR count). The lowest BCUT2D eigenvalue weighted by Crippen LogP contribution is -2.17. The molecule has 0 saturated carbocycles. The Kier molecular flexibility index (Phi) is 4.04. The quantitative estimate of drug-likeness (QED) is 0.761. The minimum Gasteiger partial charge on any atom is -0.406 e. The molecular formula is C13H15F3O2. The lowest BCUT2D eigenvalue weighted by Gasteiger charge is -2.16. The van der Waals surface area contributed by atoms with Gasteiger partial charge in [0.2, 0.25) is 0 Å². The van der Waals surface area contributed by atoms with E-state index in [1.807, 2.05) is 20.8 Å². The predicted octanol–water partition coefficient (Wildman–Crippen LogP) is 4.20. The number of Topliss-reactive ketones (excluding diaryl/α,β-unsaturated/α-hetero) is 1. The Morgan fingerprint density at radius 3 is 2.00 bits per heavy atom. The van der Waals surface area contributed by atoms with Gasteiger partial charge in [-0.2, -0.15) is 0 Å². The Labute approximate surface area is 104 Å². The third-order valence-electron chi connectivity index (χ3n) is 2.10. The number of ketones is 1. The first-order valence-electron chi connectivity index (χ1n) is 5.46. The molecule has 100 valence electrons. The molecule has 0 aliphatic rings. The molecule has 0 saturated heterocycles. The van der Waals surface area contributed by atoms with E-state index < -0.39 is 6.36 Å². The maximum absolute atomic E-state index is 11.9. The van der Waals surface area contributed by atoms with E-state index in [0.717, 1.165) is 12.1 Å². The Hall–Kier alpha value is -1.52. The molecule has 0 aliphatic carbocycles. The zero-order valence-corrected chi connectivity index (χ0v) is 10.5. The standard InChI is InChI=1S/C13H15F3O2/c1-12(2,3)8-11(17)9-4-6-10(7-5-9)18-13(14,15)16/h4-7H,8H2,1-3H3. The van der Waals surface area contributed by atoms with Gasteiger partial charge in [0, 0.05) is 12.0 Å². The Morgan fingerprint density at radius 1 is 1.11 bits per heavy atom. The van der Waals surface area contributed by atoms with Crippen molar-refractivity contribution in [3.8, 4) is 5.75 Å². The minimum atomic E-state index is -4.71. The molecule has 0 heterocycles. The second-order valence-electron chi connectivity index (χ2n) is 5.23. The number of hydrogen-bond acceptors (Lipinski definition) is 2. The summed E-state index contributed by atoms with van der Waals surface area (Å²) in [4.78, 5) is 11.8. The van der Waals surface area contributed by atoms with Crippen molar-refractivity contribution in [2.45, 2.75) is 33.6 Å². The van der Waals surface area contributed by atoms with E-state index >= 15 is 0 Å². The van der Waals surface area contributed by atoms with Crippen molar-refractivity contribution in [1.82, 2.24) is 0 Å². The van der Waals surface area contributed by atoms with Crippen LogP contribution in [0.4, 0.5) is 13.2 Å². The summed E-state index contributed by atoms with van der Waals surface area (Å²) in [6.07, 6.45) is -4.37. The maximum Gasteiger partial charge on any atom is 0.573 e. The molecule has 0 bridgehead atoms. The van der Waals surface area contributed by atoms with Crippen LogP contribution in [-0.4, -0.2) is 12.1 Å². The van der Waals surface area contributed by atoms with Gasteiger partial charge in [-0.3, -0.25) is 4.79 Å². The smallest absolute Gasteiger partial charge is 0.406 e. The van der Waals surface area contributed by atoms with E-state index in [4.69, 9.17) is 0 Å². The Morgan fingerprint density at radius 2 is 1.61 bits per heavy atom. The lowest BCUT2D eigenvalue weighted by atomic mass is 9.88. The molecule has 0 aromatic heterocycles. The number of carbonyl (C=O) groups is 1. The number of hydrogen-bond donors (Lipinski definition) is 0. The van der Waals surface area contributed by atoms with Gasteiger partial charge in [-0.1, -0.05) is 20.8 Å². The van der Waals surface area contributed by atoms with Crippen LogP contribution in [0.2, 0.25) is 0 Å². The molecule has 18 heavy (non-hydrogen) atoms. The first kappa shape index (κ1) is 14.5. The molecule has 0 N–H and O–H groups in total. The van der Waals surface area contributed by atoms with Crippen molar-refractivity contribution in [2.24, 2.45) is 5.41 Å². The monoisotopic (exact) mass is 260 g/mol. The molecule has 1 aromatic rings. The lowest BCUT2D eigenvalue weighted by molar-refractivity contribution is -0.274. The first-order chi connectivity index (χ1) is 8.07. The fourth-order valence-electron chi connectivity index (χ4n) is 1.43. The predicted molar refractivity (Wildman–Crippen MR) is 61.5 cm³/mol. The molecule has 0 fully saturated rings. The number of rotatable bonds is 3. The third kappa shape index (κ3) is 5.21. The fourth-order valence-corrected chi connectivity index (χ4v) is 1.43. The van der Waals surface area contributed by atoms with Crippen LogP contribution in [0.25, 0.3) is 0 Å². The molecule has 0 amide bonds. The van der Waals surface area contributed by atoms with Gasteiger partial charge in [0.25, 0.3) is 0 Å². The molecule has 0 aliphatic heterocycles. The zero-order chi connectivity index (χ0) is 14.0. The van der Waals surface area contributed by atoms with E-state index in [-0.39, 0.29) is 16.9 Å². The largest absolute Gasteiger partial charge is 0.573 e. The van der Waals surface area contributed by atoms with Crippen molar-refractivity contribution in [2.75, 3.05) is 0 Å². The highest BCUT2D eigenvalue weighted by Crippen LogP contribution is 2.25. The summed E-state index contributed by atoms with van der Waals surface area (Å²) in [6.45, 7) is 5.77. The van der Waals surface area contributed by atoms with Crippen molar-refractivity contribution < 1.29 is 22.7 Å². The summed E-state index contributed by atoms with van der Waals surface area (Å²) in [5.41, 5.74) is 0.234. The second-order valence-corrected chi connectivity index (χ2v) is 5.23. The average molecular weight is 260 g/mol. The van der Waals surface area contributed by atoms with Gasteiger partial charge in [0.15, 0.2) is 5.78 Å². The SMILES string of the molecule is CC(C)(C)CC(=O)c1ccc(OC(F)(F)F)cc1. The molecule has 0 radical (unpaired) electrons. The first-order valence-corrected chi connectivity index (χ1v) is 5.46. The van der Waals surface area contributed by atoms with Gasteiger partial charge in [0.1, 0.15) is 5.75 Å². The highest BCUT2D eigenvalue weighted by Gasteiger charge is 2.31. The van der Waals surface area contributed by atoms with Crippen molar-refractivity contribution in [1.29, 1.82) is 0 Å². The molecule has 0 unspecified atom stereocenters. The normalized spacial score (nSPS) is 12.3. The van der Waals surface area contributed by atoms with E-state index in [1.54, 1.807) is 0 Å². The van der Waals surface area contributed by atoms with Crippen LogP contribution < -0.4 is 4.74 Å². The number of alkyl halides is 3. The molecule has 0 spiro atoms. The molecular weight excluding hydrogens is 245 g/mol. The van der Waals surface area contributed by atoms with Gasteiger partial charge >= 0.3 is 6.36 Å². The summed E-state index contributed by atoms with van der Waals surface area (Å²) < 4.78 is 39.5. The van der Waals surface area contributed by atoms with Crippen molar-refractivity contribution in [3.05, 3.63) is 29.8 Å². The zero-order valence-electron chi connectivity index (χ0n) is 10.5. The van der Waals surface area contributed by atoms with Crippen LogP contribution in [0.1, 0.15) is 37.6 Å². The number of carbonyl (C=O) groups excluding carboxylic acids is 1. The molecule has 1 aromatic carbocycles. The average Bonchev–Trinajstić information content (AvgIpc) is 2.13. The van der Waals surface area contributed by atoms with Crippen molar-refractivity contribution in [3.63, 3.8) is 0 Å². The second kappa shape index (κ2) is 5.00. The van der Waals surface area contributed by atoms with E-state index in [9.17, 15) is 18.0 Å². The molecule has 0 atom stereocenters. The maximum atomic E-state index is 11.9. The van der Waals surface area contributed by atoms with Crippen LogP contribution in [0.5, 0.6) is 5.75 Å². The van der Waals surface area contributed by atoms with Crippen LogP contribution in [-0.2, 0) is 0 Å². The van der Waals surface area contributed by atoms with Crippen molar-refractivity contribution >= 4 is 5.78 Å². The van der Waals surface area contributed by atoms with Gasteiger partial charge < -0.3 is 4.74 Å². The van der Waals surface area contributed by atoms with E-state index in [0.29, 0.717) is 12.0 Å². The van der Waals surface area contributed by atoms with E-state index in [2.05, 4.69) is 4.74 Å². The van der Waals surface area contributed by atoms with Crippen LogP contribution in [0, 0.1) is 5.41 Å². The summed E-state index contributed by atoms with van der Waals surface area (Å²) in [5, 5.41) is 0. The molecule has 5 heteroatoms. The Balaban J connectivity index is 2.74. The minimum absolute atomic E-state index is 0.0962. The van der Waals surface area contributed by atoms with E-state index in [1.165, 1.54) is 12.1 Å². The summed E-state index contributed by atoms with van der Waals surface area (Å²) in [5.74, 6) is -0.420. The van der Waals surface area contributed by atoms with Gasteiger partial charge in [-0.05, 0) is 29.7 Å². The highest BCUT2D eigenvalue weighted by molar-refractivity contribution is 5.96. The van der Waals surface area contributed by atoms with Gasteiger partial charge in [-0.25, -0.2) is 0 Å². The van der Waals surface area contributed by atoms with Gasteiger partial charge in [0.05, 0.1) is 0 Å². The third-order valence-corrected chi connectivity index (χ3v) is 2.10. The number of halogens is 3. The summed E-state index contributed by atoms with van der Waals surface area (Å²) in [7, 11) is 0. The Bertz CT molecular complexity index is 413. The summed E-state index contributed by atoms with van der Waals surface area (Å²) in [6, 6.07) is 4.97. The van der Waals surface area contributed by atoms with Crippen LogP contribution >= 0.6 is 0 Å². The van der Waals surface area contributed by atoms with Crippen LogP contribution in [0.3, 0.4) is 0 Å². The molecule has 2 nitrogen and oxygen atoms in total. The van der Waals surface area contributed by atoms with Gasteiger partial charge in [-0.15, -0.1) is 13.2 Å². The topological polar surface area (TPSA) is 26.3 Å².